The molecule has 2 aliphatic rings. The van der Waals surface area contributed by atoms with Crippen molar-refractivity contribution in [1.82, 2.24) is 15.5 Å². The molecule has 2 fully saturated rings. The molecule has 1 amide bonds. The zero-order chi connectivity index (χ0) is 17.4. The maximum atomic E-state index is 11.6. The van der Waals surface area contributed by atoms with E-state index in [0.717, 1.165) is 25.6 Å². The van der Waals surface area contributed by atoms with Gasteiger partial charge in [-0.25, -0.2) is 0 Å². The predicted molar refractivity (Wildman–Crippen MR) is 100 cm³/mol. The van der Waals surface area contributed by atoms with Crippen LogP contribution >= 0.6 is 0 Å². The van der Waals surface area contributed by atoms with Crippen LogP contribution in [0, 0.1) is 11.3 Å². The van der Waals surface area contributed by atoms with Gasteiger partial charge in [0.2, 0.25) is 5.91 Å². The van der Waals surface area contributed by atoms with Crippen molar-refractivity contribution in [2.75, 3.05) is 33.2 Å². The van der Waals surface area contributed by atoms with E-state index < -0.39 is 0 Å². The zero-order valence-corrected chi connectivity index (χ0v) is 15.9. The van der Waals surface area contributed by atoms with Gasteiger partial charge < -0.3 is 15.5 Å². The summed E-state index contributed by atoms with van der Waals surface area (Å²) in [6.07, 6.45) is 11.0. The Morgan fingerprint density at radius 2 is 1.67 bits per heavy atom. The number of guanidine groups is 1. The molecule has 0 unspecified atom stereocenters. The Morgan fingerprint density at radius 3 is 2.29 bits per heavy atom. The molecule has 2 N–H and O–H groups in total. The first kappa shape index (κ1) is 19.1. The van der Waals surface area contributed by atoms with Crippen LogP contribution in [0.2, 0.25) is 0 Å². The smallest absolute Gasteiger partial charge is 0.222 e. The molecule has 0 aromatic rings. The van der Waals surface area contributed by atoms with E-state index in [1.54, 1.807) is 0 Å². The van der Waals surface area contributed by atoms with Gasteiger partial charge in [-0.2, -0.15) is 0 Å². The molecule has 0 bridgehead atoms. The largest absolute Gasteiger partial charge is 0.354 e. The van der Waals surface area contributed by atoms with Crippen LogP contribution in [0.3, 0.4) is 0 Å². The van der Waals surface area contributed by atoms with E-state index in [2.05, 4.69) is 20.5 Å². The molecule has 0 aromatic heterocycles. The second kappa shape index (κ2) is 9.28. The predicted octanol–water partition coefficient (Wildman–Crippen LogP) is 2.77. The third-order valence-electron chi connectivity index (χ3n) is 5.57. The summed E-state index contributed by atoms with van der Waals surface area (Å²) < 4.78 is 0. The quantitative estimate of drug-likeness (QED) is 0.471. The summed E-state index contributed by atoms with van der Waals surface area (Å²) in [5.74, 6) is 1.15. The van der Waals surface area contributed by atoms with E-state index in [9.17, 15) is 4.79 Å². The Bertz CT molecular complexity index is 425. The topological polar surface area (TPSA) is 56.7 Å². The zero-order valence-electron chi connectivity index (χ0n) is 15.9. The maximum Gasteiger partial charge on any atom is 0.222 e. The summed E-state index contributed by atoms with van der Waals surface area (Å²) in [5.41, 5.74) is 0.512. The van der Waals surface area contributed by atoms with Crippen LogP contribution < -0.4 is 10.6 Å². The molecule has 0 aromatic carbocycles. The molecular formula is C19H36N4O. The molecule has 1 saturated heterocycles. The van der Waals surface area contributed by atoms with Crippen molar-refractivity contribution in [1.29, 1.82) is 0 Å². The normalized spacial score (nSPS) is 21.7. The highest BCUT2D eigenvalue weighted by molar-refractivity contribution is 5.80. The lowest BCUT2D eigenvalue weighted by atomic mass is 9.74. The minimum Gasteiger partial charge on any atom is -0.354 e. The molecule has 138 valence electrons. The third kappa shape index (κ3) is 5.38. The lowest BCUT2D eigenvalue weighted by Gasteiger charge is -2.44. The number of piperidine rings is 1. The summed E-state index contributed by atoms with van der Waals surface area (Å²) in [4.78, 5) is 18.5. The highest BCUT2D eigenvalue weighted by Crippen LogP contribution is 2.42. The number of amides is 1. The first-order valence-corrected chi connectivity index (χ1v) is 9.80. The second-order valence-electron chi connectivity index (χ2n) is 7.86. The minimum atomic E-state index is 0.0431. The van der Waals surface area contributed by atoms with E-state index in [0.29, 0.717) is 12.0 Å². The number of hydrogen-bond donors (Lipinski definition) is 2. The summed E-state index contributed by atoms with van der Waals surface area (Å²) in [5, 5.41) is 6.39. The van der Waals surface area contributed by atoms with Gasteiger partial charge in [-0.3, -0.25) is 9.79 Å². The summed E-state index contributed by atoms with van der Waals surface area (Å²) in [7, 11) is 1.86. The summed E-state index contributed by atoms with van der Waals surface area (Å²) >= 11 is 0. The van der Waals surface area contributed by atoms with Crippen molar-refractivity contribution in [2.45, 2.75) is 65.2 Å². The van der Waals surface area contributed by atoms with Crippen molar-refractivity contribution < 1.29 is 4.79 Å². The molecule has 1 aliphatic heterocycles. The Hall–Kier alpha value is -1.26. The first-order chi connectivity index (χ1) is 11.6. The molecule has 2 rings (SSSR count). The molecule has 1 saturated carbocycles. The minimum absolute atomic E-state index is 0.0431. The maximum absolute atomic E-state index is 11.6. The van der Waals surface area contributed by atoms with Crippen LogP contribution in [0.25, 0.3) is 0 Å². The van der Waals surface area contributed by atoms with Crippen LogP contribution in [0.4, 0.5) is 0 Å². The van der Waals surface area contributed by atoms with Crippen molar-refractivity contribution in [3.8, 4) is 0 Å². The number of carbonyl (C=O) groups is 1. The Balaban J connectivity index is 1.82. The van der Waals surface area contributed by atoms with Gasteiger partial charge in [0.1, 0.15) is 0 Å². The SMILES string of the molecule is CN=C(NCCNC(=O)C(C)C)N1CCCC2(CCCCCC2)C1. The molecule has 1 spiro atoms. The Labute approximate surface area is 147 Å². The molecule has 1 heterocycles. The van der Waals surface area contributed by atoms with E-state index in [4.69, 9.17) is 0 Å². The van der Waals surface area contributed by atoms with Gasteiger partial charge in [0.15, 0.2) is 5.96 Å². The Kier molecular flexibility index (Phi) is 7.38. The van der Waals surface area contributed by atoms with Crippen LogP contribution in [0.5, 0.6) is 0 Å². The highest BCUT2D eigenvalue weighted by atomic mass is 16.1. The van der Waals surface area contributed by atoms with E-state index in [1.807, 2.05) is 20.9 Å². The van der Waals surface area contributed by atoms with Gasteiger partial charge in [-0.05, 0) is 31.1 Å². The fraction of sp³-hybridized carbons (Fsp3) is 0.895. The van der Waals surface area contributed by atoms with Crippen molar-refractivity contribution in [2.24, 2.45) is 16.3 Å². The molecule has 1 aliphatic carbocycles. The molecule has 5 nitrogen and oxygen atoms in total. The lowest BCUT2D eigenvalue weighted by molar-refractivity contribution is -0.123. The summed E-state index contributed by atoms with van der Waals surface area (Å²) in [6, 6.07) is 0. The average Bonchev–Trinajstić information content (AvgIpc) is 2.80. The third-order valence-corrected chi connectivity index (χ3v) is 5.57. The standard InChI is InChI=1S/C19H36N4O/c1-16(2)17(24)21-12-13-22-18(20-3)23-14-8-11-19(15-23)9-6-4-5-7-10-19/h16H,4-15H2,1-3H3,(H,20,22)(H,21,24). The van der Waals surface area contributed by atoms with Gasteiger partial charge in [0, 0.05) is 39.1 Å². The monoisotopic (exact) mass is 336 g/mol. The molecule has 0 atom stereocenters. The number of aliphatic imine (C=N–C) groups is 1. The molecule has 0 radical (unpaired) electrons. The van der Waals surface area contributed by atoms with Crippen molar-refractivity contribution in [3.05, 3.63) is 0 Å². The van der Waals surface area contributed by atoms with Gasteiger partial charge in [0.25, 0.3) is 0 Å². The molecular weight excluding hydrogens is 300 g/mol. The fourth-order valence-electron chi connectivity index (χ4n) is 4.17. The number of rotatable bonds is 4. The Morgan fingerprint density at radius 1 is 1.04 bits per heavy atom. The first-order valence-electron chi connectivity index (χ1n) is 9.80. The van der Waals surface area contributed by atoms with E-state index in [1.165, 1.54) is 51.4 Å². The second-order valence-corrected chi connectivity index (χ2v) is 7.86. The number of nitrogens with one attached hydrogen (secondary N) is 2. The van der Waals surface area contributed by atoms with Gasteiger partial charge >= 0.3 is 0 Å². The van der Waals surface area contributed by atoms with Crippen molar-refractivity contribution >= 4 is 11.9 Å². The molecule has 24 heavy (non-hydrogen) atoms. The van der Waals surface area contributed by atoms with Crippen LogP contribution in [-0.2, 0) is 4.79 Å². The highest BCUT2D eigenvalue weighted by Gasteiger charge is 2.36. The van der Waals surface area contributed by atoms with Crippen LogP contribution in [0.15, 0.2) is 4.99 Å². The lowest BCUT2D eigenvalue weighted by Crippen LogP contribution is -2.51. The number of carbonyl (C=O) groups excluding carboxylic acids is 1. The van der Waals surface area contributed by atoms with E-state index >= 15 is 0 Å². The fourth-order valence-corrected chi connectivity index (χ4v) is 4.17. The van der Waals surface area contributed by atoms with Gasteiger partial charge in [-0.15, -0.1) is 0 Å². The number of likely N-dealkylation sites (tertiary alicyclic amines) is 1. The van der Waals surface area contributed by atoms with Crippen molar-refractivity contribution in [3.63, 3.8) is 0 Å². The summed E-state index contributed by atoms with van der Waals surface area (Å²) in [6.45, 7) is 7.46. The van der Waals surface area contributed by atoms with Crippen LogP contribution in [0.1, 0.15) is 65.2 Å². The van der Waals surface area contributed by atoms with Crippen LogP contribution in [-0.4, -0.2) is 50.0 Å². The number of nitrogens with zero attached hydrogens (tertiary/aromatic N) is 2. The average molecular weight is 337 g/mol. The van der Waals surface area contributed by atoms with E-state index in [-0.39, 0.29) is 11.8 Å². The van der Waals surface area contributed by atoms with Gasteiger partial charge in [-0.1, -0.05) is 39.5 Å². The number of hydrogen-bond acceptors (Lipinski definition) is 2. The molecule has 5 heteroatoms. The van der Waals surface area contributed by atoms with Gasteiger partial charge in [0.05, 0.1) is 0 Å².